The first kappa shape index (κ1) is 46.3. The fourth-order valence-electron chi connectivity index (χ4n) is 4.46. The summed E-state index contributed by atoms with van der Waals surface area (Å²) in [4.78, 5) is 58.3. The molecule has 1 aromatic carbocycles. The van der Waals surface area contributed by atoms with Crippen molar-refractivity contribution in [3.63, 3.8) is 0 Å². The summed E-state index contributed by atoms with van der Waals surface area (Å²) in [6.07, 6.45) is 12.1. The van der Waals surface area contributed by atoms with Gasteiger partial charge in [0.1, 0.15) is 24.9 Å². The van der Waals surface area contributed by atoms with E-state index in [0.29, 0.717) is 39.0 Å². The van der Waals surface area contributed by atoms with E-state index >= 15 is 0 Å². The lowest BCUT2D eigenvalue weighted by Crippen LogP contribution is -2.39. The molecule has 2 aliphatic heterocycles. The van der Waals surface area contributed by atoms with Crippen molar-refractivity contribution < 1.29 is 38.2 Å². The van der Waals surface area contributed by atoms with Crippen LogP contribution in [0.3, 0.4) is 0 Å². The Labute approximate surface area is 325 Å². The summed E-state index contributed by atoms with van der Waals surface area (Å²) in [5.74, 6) is 2.74. The molecular weight excluding hydrogens is 786 g/mol. The maximum atomic E-state index is 14.5. The Hall–Kier alpha value is -3.83. The number of carbonyl (C=O) groups is 2. The summed E-state index contributed by atoms with van der Waals surface area (Å²) in [7, 11) is -3.71. The van der Waals surface area contributed by atoms with Crippen LogP contribution in [0.2, 0.25) is 5.28 Å². The van der Waals surface area contributed by atoms with Crippen LogP contribution in [0.25, 0.3) is 0 Å². The molecule has 0 saturated heterocycles. The van der Waals surface area contributed by atoms with Crippen LogP contribution in [0.5, 0.6) is 5.75 Å². The van der Waals surface area contributed by atoms with Crippen molar-refractivity contribution in [1.82, 2.24) is 29.2 Å². The van der Waals surface area contributed by atoms with E-state index < -0.39 is 32.2 Å². The molecule has 2 aromatic heterocycles. The van der Waals surface area contributed by atoms with Crippen molar-refractivity contribution in [2.24, 2.45) is 10.4 Å². The van der Waals surface area contributed by atoms with Gasteiger partial charge in [-0.3, -0.25) is 19.8 Å². The molecule has 2 aliphatic rings. The number of anilines is 3. The normalized spacial score (nSPS) is 15.2. The maximum Gasteiger partial charge on any atom is 0.317 e. The number of nitrogens with zero attached hydrogens (tertiary/aromatic N) is 7. The second-order valence-electron chi connectivity index (χ2n) is 13.1. The van der Waals surface area contributed by atoms with Gasteiger partial charge in [-0.25, -0.2) is 9.38 Å². The molecule has 4 heterocycles. The fraction of sp³-hybridized carbons (Fsp3) is 0.531. The molecule has 0 bridgehead atoms. The van der Waals surface area contributed by atoms with E-state index in [9.17, 15) is 23.4 Å². The van der Waals surface area contributed by atoms with Crippen molar-refractivity contribution in [2.45, 2.75) is 53.6 Å². The van der Waals surface area contributed by atoms with E-state index in [1.165, 1.54) is 28.6 Å². The monoisotopic (exact) mass is 832 g/mol. The molecule has 1 amide bonds. The van der Waals surface area contributed by atoms with Crippen LogP contribution in [0, 0.1) is 23.6 Å². The highest BCUT2D eigenvalue weighted by molar-refractivity contribution is 7.94. The lowest BCUT2D eigenvalue weighted by molar-refractivity contribution is -0.193. The molecule has 5 rings (SSSR count). The Balaban J connectivity index is 0.000000303. The van der Waals surface area contributed by atoms with Crippen LogP contribution in [0.15, 0.2) is 17.1 Å². The van der Waals surface area contributed by atoms with Gasteiger partial charge in [0, 0.05) is 43.2 Å². The zero-order valence-corrected chi connectivity index (χ0v) is 34.6. The molecule has 17 nitrogen and oxygen atoms in total. The van der Waals surface area contributed by atoms with Crippen LogP contribution in [-0.2, 0) is 38.0 Å². The fourth-order valence-corrected chi connectivity index (χ4v) is 5.77. The third-order valence-corrected chi connectivity index (χ3v) is 7.95. The van der Waals surface area contributed by atoms with Crippen LogP contribution < -0.4 is 35.3 Å². The van der Waals surface area contributed by atoms with Crippen LogP contribution in [0.1, 0.15) is 40.4 Å². The molecule has 0 radical (unpaired) electrons. The van der Waals surface area contributed by atoms with Gasteiger partial charge in [0.15, 0.2) is 12.4 Å². The Morgan fingerprint density at radius 2 is 1.93 bits per heavy atom. The number of carboxylic acid groups (broad SMARTS) is 1. The van der Waals surface area contributed by atoms with E-state index in [0.717, 1.165) is 25.3 Å². The molecule has 22 heteroatoms. The van der Waals surface area contributed by atoms with Gasteiger partial charge in [0.25, 0.3) is 5.91 Å². The summed E-state index contributed by atoms with van der Waals surface area (Å²) in [6.45, 7) is 11.3. The number of terminal acetylenes is 1. The first-order valence-corrected chi connectivity index (χ1v) is 21.7. The number of aliphatic carboxylic acids is 1. The molecule has 54 heavy (non-hydrogen) atoms. The first-order chi connectivity index (χ1) is 25.1. The second-order valence-corrected chi connectivity index (χ2v) is 18.2. The molecule has 0 aliphatic carbocycles. The number of carbonyl (C=O) groups excluding carboxylic acids is 1. The van der Waals surface area contributed by atoms with Crippen molar-refractivity contribution in [3.05, 3.63) is 33.9 Å². The summed E-state index contributed by atoms with van der Waals surface area (Å²) in [5.41, 5.74) is 0.678. The van der Waals surface area contributed by atoms with Gasteiger partial charge in [-0.2, -0.15) is 19.3 Å². The number of ether oxygens (including phenoxy) is 1. The number of fused-ring (bicyclic) bond motifs is 2. The van der Waals surface area contributed by atoms with E-state index in [4.69, 9.17) is 32.8 Å². The molecule has 0 fully saturated rings. The highest BCUT2D eigenvalue weighted by atomic mass is 35.5. The van der Waals surface area contributed by atoms with Crippen LogP contribution in [-0.4, -0.2) is 103 Å². The quantitative estimate of drug-likeness (QED) is 0.112. The minimum absolute atomic E-state index is 0.0964. The minimum Gasteiger partial charge on any atom is -0.778 e. The number of hydrogen-bond acceptors (Lipinski definition) is 14. The Kier molecular flexibility index (Phi) is 18.3. The average molecular weight is 833 g/mol. The number of aromatic nitrogens is 5. The SMILES string of the molecule is C#CCN1C(=O)COc2cc(F)c(N=c3snc4n3CC(C)(C)C4)cc21.CCNc1nc(Cl)nc(NC(C)C)n1.C[S+](C)C.O=C(O)CNCP(=O)([O-])O. The summed E-state index contributed by atoms with van der Waals surface area (Å²) < 4.78 is 36.3. The van der Waals surface area contributed by atoms with Gasteiger partial charge >= 0.3 is 5.97 Å². The Morgan fingerprint density at radius 1 is 1.28 bits per heavy atom. The van der Waals surface area contributed by atoms with E-state index in [-0.39, 0.29) is 41.5 Å². The molecule has 1 unspecified atom stereocenters. The smallest absolute Gasteiger partial charge is 0.317 e. The van der Waals surface area contributed by atoms with Gasteiger partial charge in [-0.1, -0.05) is 19.8 Å². The number of benzene rings is 1. The van der Waals surface area contributed by atoms with E-state index in [1.54, 1.807) is 0 Å². The van der Waals surface area contributed by atoms with Gasteiger partial charge in [-0.15, -0.1) is 6.42 Å². The van der Waals surface area contributed by atoms with E-state index in [2.05, 4.69) is 73.5 Å². The molecule has 5 N–H and O–H groups in total. The highest BCUT2D eigenvalue weighted by Crippen LogP contribution is 2.37. The lowest BCUT2D eigenvalue weighted by Gasteiger charge is -2.28. The maximum absolute atomic E-state index is 14.5. The second kappa shape index (κ2) is 21.3. The van der Waals surface area contributed by atoms with Crippen molar-refractivity contribution in [2.75, 3.05) is 66.8 Å². The third kappa shape index (κ3) is 16.3. The third-order valence-electron chi connectivity index (χ3n) is 6.38. The Morgan fingerprint density at radius 3 is 2.50 bits per heavy atom. The topological polar surface area (TPSA) is 232 Å². The van der Waals surface area contributed by atoms with Crippen LogP contribution >= 0.6 is 30.7 Å². The zero-order chi connectivity index (χ0) is 40.8. The molecule has 0 saturated carbocycles. The van der Waals surface area contributed by atoms with Crippen molar-refractivity contribution >= 4 is 76.8 Å². The summed E-state index contributed by atoms with van der Waals surface area (Å²) in [5, 5.41) is 16.2. The number of amides is 1. The predicted octanol–water partition coefficient (Wildman–Crippen LogP) is 2.69. The molecule has 1 atom stereocenters. The summed E-state index contributed by atoms with van der Waals surface area (Å²) >= 11 is 6.97. The molecular formula is C32H47ClFN10O7PS2. The zero-order valence-electron chi connectivity index (χ0n) is 31.3. The number of nitrogens with one attached hydrogen (secondary N) is 3. The standard InChI is InChI=1S/C18H17FN4O2S.C8H14ClN5.C3H8NO5P.C3H9S/c1-4-5-22-13-7-12(11(19)6-14(13)25-9-16(22)24)20-17-23-10-18(2,3)8-15(23)21-26-17;1-4-10-7-12-6(9)13-8(14-7)11-5(2)3;5-3(6)1-4-2-10(7,8)9;1-4(2)3/h1,6-7H,5,8-10H2,2-3H3;5H,4H2,1-3H3,(H2,10,11,12,13,14);4H,1-2H2,(H,5,6)(H2,7,8,9);1-3H3/q;;;+1/p-1. The molecule has 0 spiro atoms. The minimum atomic E-state index is -4.35. The molecule has 298 valence electrons. The van der Waals surface area contributed by atoms with E-state index in [1.807, 2.05) is 30.7 Å². The van der Waals surface area contributed by atoms with Crippen LogP contribution in [0.4, 0.5) is 27.7 Å². The predicted molar refractivity (Wildman–Crippen MR) is 209 cm³/mol. The number of halogens is 2. The van der Waals surface area contributed by atoms with Gasteiger partial charge in [0.05, 0.1) is 43.8 Å². The number of carboxylic acids is 1. The van der Waals surface area contributed by atoms with Crippen molar-refractivity contribution in [1.29, 1.82) is 0 Å². The first-order valence-electron chi connectivity index (χ1n) is 16.3. The number of hydrogen-bond donors (Lipinski definition) is 5. The van der Waals surface area contributed by atoms with Gasteiger partial charge < -0.3 is 39.4 Å². The Bertz CT molecular complexity index is 1900. The highest BCUT2D eigenvalue weighted by Gasteiger charge is 2.31. The lowest BCUT2D eigenvalue weighted by atomic mass is 9.92. The van der Waals surface area contributed by atoms with Crippen molar-refractivity contribution in [3.8, 4) is 18.1 Å². The summed E-state index contributed by atoms with van der Waals surface area (Å²) in [6, 6.07) is 3.02. The van der Waals surface area contributed by atoms with Gasteiger partial charge in [-0.05, 0) is 54.7 Å². The van der Waals surface area contributed by atoms with Gasteiger partial charge in [0.2, 0.25) is 22.0 Å². The molecule has 3 aromatic rings. The largest absolute Gasteiger partial charge is 0.778 e. The number of rotatable bonds is 10. The average Bonchev–Trinajstić information content (AvgIpc) is 3.53.